The van der Waals surface area contributed by atoms with Gasteiger partial charge in [0.25, 0.3) is 0 Å². The second-order valence-electron chi connectivity index (χ2n) is 8.77. The van der Waals surface area contributed by atoms with Gasteiger partial charge in [-0.15, -0.1) is 0 Å². The van der Waals surface area contributed by atoms with Crippen LogP contribution in [0.1, 0.15) is 70.6 Å². The molecule has 1 saturated heterocycles. The molecular formula is C21H31N. The van der Waals surface area contributed by atoms with E-state index < -0.39 is 0 Å². The molecule has 120 valence electrons. The van der Waals surface area contributed by atoms with Crippen LogP contribution in [0.3, 0.4) is 0 Å². The number of allylic oxidation sites excluding steroid dienone is 3. The van der Waals surface area contributed by atoms with E-state index in [0.717, 1.165) is 17.9 Å². The van der Waals surface area contributed by atoms with Crippen LogP contribution in [0, 0.1) is 17.3 Å². The molecule has 22 heavy (non-hydrogen) atoms. The lowest BCUT2D eigenvalue weighted by molar-refractivity contribution is -0.0476. The van der Waals surface area contributed by atoms with Crippen molar-refractivity contribution in [3.05, 3.63) is 23.3 Å². The topological polar surface area (TPSA) is 3.24 Å². The van der Waals surface area contributed by atoms with Gasteiger partial charge in [-0.3, -0.25) is 4.90 Å². The summed E-state index contributed by atoms with van der Waals surface area (Å²) >= 11 is 0. The van der Waals surface area contributed by atoms with Crippen LogP contribution in [0.5, 0.6) is 0 Å². The zero-order valence-electron chi connectivity index (χ0n) is 14.0. The van der Waals surface area contributed by atoms with Gasteiger partial charge in [-0.25, -0.2) is 0 Å². The Balaban J connectivity index is 1.50. The molecule has 3 atom stereocenters. The fourth-order valence-electron chi connectivity index (χ4n) is 6.63. The average Bonchev–Trinajstić information content (AvgIpc) is 2.52. The van der Waals surface area contributed by atoms with Gasteiger partial charge in [-0.05, 0) is 80.7 Å². The molecular weight excluding hydrogens is 266 g/mol. The lowest BCUT2D eigenvalue weighted by atomic mass is 9.51. The van der Waals surface area contributed by atoms with E-state index in [1.807, 2.05) is 5.57 Å². The average molecular weight is 297 g/mol. The SMILES string of the molecule is C1=CC2=C(CC1)[C@@]13CCCC[C@H]1[C@@H](C2)N(CC1CCC1)CC3. The van der Waals surface area contributed by atoms with Crippen molar-refractivity contribution in [2.24, 2.45) is 17.3 Å². The molecule has 0 aromatic carbocycles. The van der Waals surface area contributed by atoms with Crippen LogP contribution in [0.4, 0.5) is 0 Å². The van der Waals surface area contributed by atoms with Gasteiger partial charge in [0.2, 0.25) is 0 Å². The zero-order chi connectivity index (χ0) is 14.6. The van der Waals surface area contributed by atoms with Crippen molar-refractivity contribution in [1.29, 1.82) is 0 Å². The number of rotatable bonds is 2. The van der Waals surface area contributed by atoms with E-state index in [4.69, 9.17) is 0 Å². The molecule has 0 aromatic heterocycles. The fourth-order valence-corrected chi connectivity index (χ4v) is 6.63. The van der Waals surface area contributed by atoms with E-state index in [0.29, 0.717) is 5.41 Å². The van der Waals surface area contributed by atoms with Crippen molar-refractivity contribution in [3.8, 4) is 0 Å². The quantitative estimate of drug-likeness (QED) is 0.686. The maximum absolute atomic E-state index is 2.95. The number of hydrogen-bond donors (Lipinski definition) is 0. The molecule has 0 aromatic rings. The van der Waals surface area contributed by atoms with Crippen molar-refractivity contribution in [1.82, 2.24) is 4.90 Å². The van der Waals surface area contributed by atoms with Gasteiger partial charge in [0.05, 0.1) is 0 Å². The molecule has 1 heterocycles. The van der Waals surface area contributed by atoms with Crippen LogP contribution in [0.2, 0.25) is 0 Å². The predicted molar refractivity (Wildman–Crippen MR) is 91.7 cm³/mol. The van der Waals surface area contributed by atoms with Gasteiger partial charge in [0, 0.05) is 12.6 Å². The first-order valence-corrected chi connectivity index (χ1v) is 10.00. The summed E-state index contributed by atoms with van der Waals surface area (Å²) in [6.45, 7) is 2.82. The minimum absolute atomic E-state index is 0.636. The third-order valence-corrected chi connectivity index (χ3v) is 7.89. The summed E-state index contributed by atoms with van der Waals surface area (Å²) in [7, 11) is 0. The van der Waals surface area contributed by atoms with E-state index in [1.165, 1.54) is 83.7 Å². The monoisotopic (exact) mass is 297 g/mol. The van der Waals surface area contributed by atoms with Crippen molar-refractivity contribution in [3.63, 3.8) is 0 Å². The predicted octanol–water partition coefficient (Wildman–Crippen LogP) is 5.09. The van der Waals surface area contributed by atoms with Crippen molar-refractivity contribution >= 4 is 0 Å². The van der Waals surface area contributed by atoms with E-state index in [9.17, 15) is 0 Å². The number of likely N-dealkylation sites (tertiary alicyclic amines) is 1. The normalized spacial score (nSPS) is 41.8. The van der Waals surface area contributed by atoms with Crippen molar-refractivity contribution < 1.29 is 0 Å². The highest BCUT2D eigenvalue weighted by atomic mass is 15.2. The highest BCUT2D eigenvalue weighted by Gasteiger charge is 2.54. The van der Waals surface area contributed by atoms with Gasteiger partial charge in [-0.2, -0.15) is 0 Å². The molecule has 0 N–H and O–H groups in total. The first-order chi connectivity index (χ1) is 10.9. The van der Waals surface area contributed by atoms with E-state index in [1.54, 1.807) is 5.57 Å². The second-order valence-corrected chi connectivity index (χ2v) is 8.77. The Labute approximate surface area is 135 Å². The highest BCUT2D eigenvalue weighted by Crippen LogP contribution is 2.60. The maximum atomic E-state index is 2.95. The lowest BCUT2D eigenvalue weighted by Gasteiger charge is -2.60. The molecule has 3 fully saturated rings. The molecule has 1 nitrogen and oxygen atoms in total. The second kappa shape index (κ2) is 5.23. The van der Waals surface area contributed by atoms with Crippen LogP contribution in [0.25, 0.3) is 0 Å². The number of nitrogens with zero attached hydrogens (tertiary/aromatic N) is 1. The Morgan fingerprint density at radius 1 is 1.09 bits per heavy atom. The summed E-state index contributed by atoms with van der Waals surface area (Å²) < 4.78 is 0. The Kier molecular flexibility index (Phi) is 3.29. The lowest BCUT2D eigenvalue weighted by Crippen LogP contribution is -2.59. The Hall–Kier alpha value is -0.560. The van der Waals surface area contributed by atoms with Crippen LogP contribution in [0.15, 0.2) is 23.3 Å². The van der Waals surface area contributed by atoms with Crippen LogP contribution in [-0.2, 0) is 0 Å². The largest absolute Gasteiger partial charge is 0.299 e. The van der Waals surface area contributed by atoms with Gasteiger partial charge in [-0.1, -0.05) is 37.0 Å². The molecule has 0 spiro atoms. The summed E-state index contributed by atoms with van der Waals surface area (Å²) in [4.78, 5) is 2.95. The van der Waals surface area contributed by atoms with Crippen LogP contribution >= 0.6 is 0 Å². The zero-order valence-corrected chi connectivity index (χ0v) is 14.0. The molecule has 4 aliphatic carbocycles. The fraction of sp³-hybridized carbons (Fsp3) is 0.810. The maximum Gasteiger partial charge on any atom is 0.0172 e. The molecule has 5 aliphatic rings. The van der Waals surface area contributed by atoms with Crippen LogP contribution < -0.4 is 0 Å². The van der Waals surface area contributed by atoms with Gasteiger partial charge in [0.1, 0.15) is 0 Å². The standard InChI is InChI=1S/C21H31N/c1-2-9-18-17(8-1)14-20-19-10-3-4-11-21(18,19)12-13-22(20)15-16-6-5-7-16/h1,8,16,19-20H,2-7,9-15H2/t19-,20+,21-/m0/s1. The summed E-state index contributed by atoms with van der Waals surface area (Å²) in [5, 5.41) is 0. The molecule has 0 unspecified atom stereocenters. The Morgan fingerprint density at radius 3 is 2.91 bits per heavy atom. The smallest absolute Gasteiger partial charge is 0.0172 e. The number of piperidine rings is 1. The number of hydrogen-bond acceptors (Lipinski definition) is 1. The minimum Gasteiger partial charge on any atom is -0.299 e. The molecule has 2 saturated carbocycles. The molecule has 0 amide bonds. The Bertz CT molecular complexity index is 512. The molecule has 1 aliphatic heterocycles. The summed E-state index contributed by atoms with van der Waals surface area (Å²) in [5.74, 6) is 2.04. The third kappa shape index (κ3) is 1.94. The third-order valence-electron chi connectivity index (χ3n) is 7.89. The van der Waals surface area contributed by atoms with E-state index in [-0.39, 0.29) is 0 Å². The van der Waals surface area contributed by atoms with E-state index in [2.05, 4.69) is 17.1 Å². The van der Waals surface area contributed by atoms with Crippen molar-refractivity contribution in [2.45, 2.75) is 76.7 Å². The van der Waals surface area contributed by atoms with Crippen molar-refractivity contribution in [2.75, 3.05) is 13.1 Å². The van der Waals surface area contributed by atoms with Gasteiger partial charge >= 0.3 is 0 Å². The summed E-state index contributed by atoms with van der Waals surface area (Å²) in [6, 6.07) is 0.885. The van der Waals surface area contributed by atoms with Gasteiger partial charge < -0.3 is 0 Å². The molecule has 0 radical (unpaired) electrons. The minimum atomic E-state index is 0.636. The molecule has 1 heteroatoms. The summed E-state index contributed by atoms with van der Waals surface area (Å²) in [6.07, 6.45) is 21.1. The highest BCUT2D eigenvalue weighted by molar-refractivity contribution is 5.40. The van der Waals surface area contributed by atoms with E-state index >= 15 is 0 Å². The first kappa shape index (κ1) is 13.8. The van der Waals surface area contributed by atoms with Crippen LogP contribution in [-0.4, -0.2) is 24.0 Å². The Morgan fingerprint density at radius 2 is 2.05 bits per heavy atom. The van der Waals surface area contributed by atoms with Gasteiger partial charge in [0.15, 0.2) is 0 Å². The first-order valence-electron chi connectivity index (χ1n) is 10.00. The molecule has 2 bridgehead atoms. The molecule has 5 rings (SSSR count). The summed E-state index contributed by atoms with van der Waals surface area (Å²) in [5.41, 5.74) is 4.34.